The normalized spacial score (nSPS) is 8.64. The van der Waals surface area contributed by atoms with Crippen molar-refractivity contribution < 1.29 is 4.74 Å². The molecule has 0 amide bonds. The summed E-state index contributed by atoms with van der Waals surface area (Å²) in [6, 6.07) is 0. The molecule has 1 aromatic rings. The summed E-state index contributed by atoms with van der Waals surface area (Å²) in [6.07, 6.45) is 1.61. The number of aryl methyl sites for hydroxylation is 2. The van der Waals surface area contributed by atoms with Crippen LogP contribution < -0.4 is 4.74 Å². The van der Waals surface area contributed by atoms with Crippen molar-refractivity contribution in [3.05, 3.63) is 17.6 Å². The Hall–Kier alpha value is -1.12. The molecule has 0 aliphatic rings. The SMILES string of the molecule is C.COc1cnc(C)c(C)n1. The average molecular weight is 154 g/mol. The molecule has 1 rings (SSSR count). The number of ether oxygens (including phenoxy) is 1. The predicted molar refractivity (Wildman–Crippen MR) is 44.8 cm³/mol. The number of aromatic nitrogens is 2. The molecule has 0 N–H and O–H groups in total. The smallest absolute Gasteiger partial charge is 0.232 e. The second-order valence-electron chi connectivity index (χ2n) is 2.08. The molecule has 11 heavy (non-hydrogen) atoms. The first-order chi connectivity index (χ1) is 4.74. The Morgan fingerprint density at radius 3 is 2.36 bits per heavy atom. The summed E-state index contributed by atoms with van der Waals surface area (Å²) in [4.78, 5) is 8.17. The number of methoxy groups -OCH3 is 1. The van der Waals surface area contributed by atoms with Gasteiger partial charge in [-0.1, -0.05) is 7.43 Å². The summed E-state index contributed by atoms with van der Waals surface area (Å²) in [5.74, 6) is 0.572. The van der Waals surface area contributed by atoms with Gasteiger partial charge in [0.25, 0.3) is 0 Å². The van der Waals surface area contributed by atoms with Crippen LogP contribution in [0.5, 0.6) is 5.88 Å². The molecule has 0 spiro atoms. The van der Waals surface area contributed by atoms with Crippen molar-refractivity contribution >= 4 is 0 Å². The molecule has 0 atom stereocenters. The summed E-state index contributed by atoms with van der Waals surface area (Å²) >= 11 is 0. The van der Waals surface area contributed by atoms with E-state index in [2.05, 4.69) is 9.97 Å². The zero-order valence-corrected chi connectivity index (χ0v) is 6.38. The van der Waals surface area contributed by atoms with Gasteiger partial charge in [0.15, 0.2) is 0 Å². The quantitative estimate of drug-likeness (QED) is 0.618. The molecule has 0 unspecified atom stereocenters. The summed E-state index contributed by atoms with van der Waals surface area (Å²) in [5.41, 5.74) is 1.86. The van der Waals surface area contributed by atoms with Crippen molar-refractivity contribution in [3.8, 4) is 5.88 Å². The van der Waals surface area contributed by atoms with E-state index >= 15 is 0 Å². The van der Waals surface area contributed by atoms with E-state index in [0.29, 0.717) is 5.88 Å². The minimum atomic E-state index is 0. The highest BCUT2D eigenvalue weighted by Crippen LogP contribution is 2.06. The van der Waals surface area contributed by atoms with E-state index in [9.17, 15) is 0 Å². The Labute approximate surface area is 67.4 Å². The summed E-state index contributed by atoms with van der Waals surface area (Å²) in [5, 5.41) is 0. The van der Waals surface area contributed by atoms with Crippen molar-refractivity contribution in [2.45, 2.75) is 21.3 Å². The molecular formula is C8H14N2O. The van der Waals surface area contributed by atoms with Crippen LogP contribution >= 0.6 is 0 Å². The number of rotatable bonds is 1. The first-order valence-corrected chi connectivity index (χ1v) is 3.08. The summed E-state index contributed by atoms with van der Waals surface area (Å²) in [6.45, 7) is 3.83. The Morgan fingerprint density at radius 2 is 1.91 bits per heavy atom. The molecule has 0 aromatic carbocycles. The third-order valence-corrected chi connectivity index (χ3v) is 1.38. The molecule has 1 heterocycles. The van der Waals surface area contributed by atoms with Crippen molar-refractivity contribution in [3.63, 3.8) is 0 Å². The minimum Gasteiger partial charge on any atom is -0.480 e. The van der Waals surface area contributed by atoms with Gasteiger partial charge >= 0.3 is 0 Å². The highest BCUT2D eigenvalue weighted by atomic mass is 16.5. The molecule has 0 fully saturated rings. The fourth-order valence-corrected chi connectivity index (χ4v) is 0.619. The zero-order chi connectivity index (χ0) is 7.56. The van der Waals surface area contributed by atoms with E-state index in [1.165, 1.54) is 0 Å². The molecule has 3 heteroatoms. The fourth-order valence-electron chi connectivity index (χ4n) is 0.619. The Kier molecular flexibility index (Phi) is 3.51. The Balaban J connectivity index is 0.000001000. The highest BCUT2D eigenvalue weighted by molar-refractivity contribution is 5.13. The summed E-state index contributed by atoms with van der Waals surface area (Å²) < 4.78 is 4.88. The van der Waals surface area contributed by atoms with Gasteiger partial charge in [-0.25, -0.2) is 4.98 Å². The number of hydrogen-bond donors (Lipinski definition) is 0. The molecule has 0 aliphatic carbocycles. The summed E-state index contributed by atoms with van der Waals surface area (Å²) in [7, 11) is 1.58. The van der Waals surface area contributed by atoms with Crippen molar-refractivity contribution in [1.29, 1.82) is 0 Å². The van der Waals surface area contributed by atoms with Gasteiger partial charge in [0.2, 0.25) is 5.88 Å². The minimum absolute atomic E-state index is 0. The van der Waals surface area contributed by atoms with Crippen molar-refractivity contribution in [2.75, 3.05) is 7.11 Å². The second-order valence-corrected chi connectivity index (χ2v) is 2.08. The van der Waals surface area contributed by atoms with Gasteiger partial charge < -0.3 is 4.74 Å². The third-order valence-electron chi connectivity index (χ3n) is 1.38. The van der Waals surface area contributed by atoms with Crippen LogP contribution in [0.2, 0.25) is 0 Å². The van der Waals surface area contributed by atoms with Gasteiger partial charge in [-0.2, -0.15) is 0 Å². The van der Waals surface area contributed by atoms with Crippen LogP contribution in [0.25, 0.3) is 0 Å². The van der Waals surface area contributed by atoms with E-state index in [-0.39, 0.29) is 7.43 Å². The van der Waals surface area contributed by atoms with Crippen LogP contribution in [0, 0.1) is 13.8 Å². The van der Waals surface area contributed by atoms with Crippen LogP contribution in [-0.2, 0) is 0 Å². The molecule has 0 aliphatic heterocycles. The Bertz CT molecular complexity index is 236. The molecule has 0 radical (unpaired) electrons. The maximum absolute atomic E-state index is 4.88. The van der Waals surface area contributed by atoms with E-state index in [1.54, 1.807) is 13.3 Å². The van der Waals surface area contributed by atoms with Crippen molar-refractivity contribution in [1.82, 2.24) is 9.97 Å². The lowest BCUT2D eigenvalue weighted by molar-refractivity contribution is 0.394. The predicted octanol–water partition coefficient (Wildman–Crippen LogP) is 1.74. The van der Waals surface area contributed by atoms with Gasteiger partial charge in [0, 0.05) is 0 Å². The highest BCUT2D eigenvalue weighted by Gasteiger charge is 1.96. The van der Waals surface area contributed by atoms with Crippen LogP contribution in [0.1, 0.15) is 18.8 Å². The Morgan fingerprint density at radius 1 is 1.27 bits per heavy atom. The fraction of sp³-hybridized carbons (Fsp3) is 0.500. The maximum atomic E-state index is 4.88. The lowest BCUT2D eigenvalue weighted by atomic mass is 10.4. The van der Waals surface area contributed by atoms with E-state index < -0.39 is 0 Å². The standard InChI is InChI=1S/C7H10N2O.CH4/c1-5-6(2)9-7(10-3)4-8-5;/h4H,1-3H3;1H4. The largest absolute Gasteiger partial charge is 0.480 e. The third kappa shape index (κ3) is 2.18. The van der Waals surface area contributed by atoms with Crippen LogP contribution in [-0.4, -0.2) is 17.1 Å². The van der Waals surface area contributed by atoms with E-state index in [1.807, 2.05) is 13.8 Å². The molecule has 1 aromatic heterocycles. The lowest BCUT2D eigenvalue weighted by Gasteiger charge is -2.00. The van der Waals surface area contributed by atoms with Gasteiger partial charge in [-0.3, -0.25) is 4.98 Å². The van der Waals surface area contributed by atoms with Gasteiger partial charge in [0.05, 0.1) is 24.7 Å². The van der Waals surface area contributed by atoms with Gasteiger partial charge in [-0.05, 0) is 13.8 Å². The first kappa shape index (κ1) is 9.88. The second kappa shape index (κ2) is 3.91. The maximum Gasteiger partial charge on any atom is 0.232 e. The molecule has 3 nitrogen and oxygen atoms in total. The molecule has 0 bridgehead atoms. The number of hydrogen-bond acceptors (Lipinski definition) is 3. The molecular weight excluding hydrogens is 140 g/mol. The van der Waals surface area contributed by atoms with Gasteiger partial charge in [-0.15, -0.1) is 0 Å². The number of nitrogens with zero attached hydrogens (tertiary/aromatic N) is 2. The van der Waals surface area contributed by atoms with Crippen LogP contribution in [0.4, 0.5) is 0 Å². The zero-order valence-electron chi connectivity index (χ0n) is 6.38. The van der Waals surface area contributed by atoms with E-state index in [4.69, 9.17) is 4.74 Å². The van der Waals surface area contributed by atoms with Crippen LogP contribution in [0.15, 0.2) is 6.20 Å². The molecule has 0 saturated carbocycles. The lowest BCUT2D eigenvalue weighted by Crippen LogP contribution is -1.94. The van der Waals surface area contributed by atoms with Gasteiger partial charge in [0.1, 0.15) is 0 Å². The average Bonchev–Trinajstić information content (AvgIpc) is 1.95. The molecule has 0 saturated heterocycles. The molecule has 62 valence electrons. The first-order valence-electron chi connectivity index (χ1n) is 3.08. The van der Waals surface area contributed by atoms with Crippen LogP contribution in [0.3, 0.4) is 0 Å². The van der Waals surface area contributed by atoms with E-state index in [0.717, 1.165) is 11.4 Å². The monoisotopic (exact) mass is 154 g/mol. The van der Waals surface area contributed by atoms with Crippen molar-refractivity contribution in [2.24, 2.45) is 0 Å². The topological polar surface area (TPSA) is 35.0 Å².